The quantitative estimate of drug-likeness (QED) is 0.746. The summed E-state index contributed by atoms with van der Waals surface area (Å²) in [6.45, 7) is 4.60. The van der Waals surface area contributed by atoms with Gasteiger partial charge in [-0.25, -0.2) is 0 Å². The number of hydrogen-bond acceptors (Lipinski definition) is 3. The van der Waals surface area contributed by atoms with Gasteiger partial charge in [-0.1, -0.05) is 0 Å². The second kappa shape index (κ2) is 8.79. The van der Waals surface area contributed by atoms with E-state index in [9.17, 15) is 4.79 Å². The summed E-state index contributed by atoms with van der Waals surface area (Å²) in [6, 6.07) is 0.257. The SMILES string of the molecule is CCOCCC(=O)N1CCCCC1CN.Cl. The van der Waals surface area contributed by atoms with Crippen molar-refractivity contribution < 1.29 is 9.53 Å². The molecule has 0 bridgehead atoms. The highest BCUT2D eigenvalue weighted by Crippen LogP contribution is 2.16. The van der Waals surface area contributed by atoms with E-state index in [1.54, 1.807) is 0 Å². The van der Waals surface area contributed by atoms with Crippen LogP contribution >= 0.6 is 12.4 Å². The smallest absolute Gasteiger partial charge is 0.225 e. The number of amides is 1. The van der Waals surface area contributed by atoms with Gasteiger partial charge in [0.15, 0.2) is 0 Å². The van der Waals surface area contributed by atoms with Crippen LogP contribution in [0.2, 0.25) is 0 Å². The lowest BCUT2D eigenvalue weighted by molar-refractivity contribution is -0.135. The minimum absolute atomic E-state index is 0. The van der Waals surface area contributed by atoms with Crippen molar-refractivity contribution in [1.29, 1.82) is 0 Å². The fraction of sp³-hybridized carbons (Fsp3) is 0.909. The molecular weight excluding hydrogens is 228 g/mol. The summed E-state index contributed by atoms with van der Waals surface area (Å²) in [7, 11) is 0. The number of halogens is 1. The molecule has 5 heteroatoms. The van der Waals surface area contributed by atoms with Crippen LogP contribution in [0.4, 0.5) is 0 Å². The minimum Gasteiger partial charge on any atom is -0.381 e. The maximum atomic E-state index is 11.8. The van der Waals surface area contributed by atoms with Crippen LogP contribution in [0.15, 0.2) is 0 Å². The first-order chi connectivity index (χ1) is 7.29. The van der Waals surface area contributed by atoms with E-state index in [1.807, 2.05) is 11.8 Å². The van der Waals surface area contributed by atoms with Gasteiger partial charge < -0.3 is 15.4 Å². The topological polar surface area (TPSA) is 55.6 Å². The predicted molar refractivity (Wildman–Crippen MR) is 66.8 cm³/mol. The average Bonchev–Trinajstić information content (AvgIpc) is 2.29. The third kappa shape index (κ3) is 4.68. The zero-order chi connectivity index (χ0) is 11.1. The molecule has 1 amide bonds. The largest absolute Gasteiger partial charge is 0.381 e. The molecule has 1 aliphatic rings. The fourth-order valence-corrected chi connectivity index (χ4v) is 2.02. The van der Waals surface area contributed by atoms with E-state index in [-0.39, 0.29) is 24.4 Å². The van der Waals surface area contributed by atoms with E-state index in [4.69, 9.17) is 10.5 Å². The number of carbonyl (C=O) groups is 1. The first-order valence-corrected chi connectivity index (χ1v) is 5.86. The highest BCUT2D eigenvalue weighted by Gasteiger charge is 2.24. The van der Waals surface area contributed by atoms with Crippen LogP contribution in [0.25, 0.3) is 0 Å². The summed E-state index contributed by atoms with van der Waals surface area (Å²) >= 11 is 0. The summed E-state index contributed by atoms with van der Waals surface area (Å²) in [5, 5.41) is 0. The van der Waals surface area contributed by atoms with E-state index in [0.717, 1.165) is 19.4 Å². The Kier molecular flexibility index (Phi) is 8.61. The fourth-order valence-electron chi connectivity index (χ4n) is 2.02. The molecule has 0 radical (unpaired) electrons. The van der Waals surface area contributed by atoms with E-state index in [1.165, 1.54) is 6.42 Å². The van der Waals surface area contributed by atoms with E-state index < -0.39 is 0 Å². The summed E-state index contributed by atoms with van der Waals surface area (Å²) in [4.78, 5) is 13.8. The molecule has 0 spiro atoms. The zero-order valence-corrected chi connectivity index (χ0v) is 10.8. The van der Waals surface area contributed by atoms with Crippen LogP contribution < -0.4 is 5.73 Å². The Morgan fingerprint density at radius 1 is 1.50 bits per heavy atom. The number of piperidine rings is 1. The second-order valence-electron chi connectivity index (χ2n) is 3.92. The molecule has 0 saturated carbocycles. The van der Waals surface area contributed by atoms with Crippen molar-refractivity contribution in [2.24, 2.45) is 5.73 Å². The van der Waals surface area contributed by atoms with Crippen molar-refractivity contribution in [1.82, 2.24) is 4.90 Å². The summed E-state index contributed by atoms with van der Waals surface area (Å²) in [6.07, 6.45) is 3.84. The van der Waals surface area contributed by atoms with E-state index in [2.05, 4.69) is 0 Å². The van der Waals surface area contributed by atoms with Crippen LogP contribution in [-0.2, 0) is 9.53 Å². The third-order valence-corrected chi connectivity index (χ3v) is 2.88. The zero-order valence-electron chi connectivity index (χ0n) is 9.98. The Labute approximate surface area is 104 Å². The molecule has 0 aliphatic carbocycles. The first-order valence-electron chi connectivity index (χ1n) is 5.86. The Balaban J connectivity index is 0.00000225. The molecule has 96 valence electrons. The highest BCUT2D eigenvalue weighted by atomic mass is 35.5. The molecule has 1 fully saturated rings. The minimum atomic E-state index is 0. The van der Waals surface area contributed by atoms with Crippen molar-refractivity contribution in [2.75, 3.05) is 26.3 Å². The Morgan fingerprint density at radius 3 is 2.88 bits per heavy atom. The van der Waals surface area contributed by atoms with Gasteiger partial charge in [0.2, 0.25) is 5.91 Å². The van der Waals surface area contributed by atoms with E-state index >= 15 is 0 Å². The molecule has 4 nitrogen and oxygen atoms in total. The maximum Gasteiger partial charge on any atom is 0.225 e. The highest BCUT2D eigenvalue weighted by molar-refractivity contribution is 5.85. The Morgan fingerprint density at radius 2 is 2.25 bits per heavy atom. The normalized spacial score (nSPS) is 20.4. The van der Waals surface area contributed by atoms with Crippen molar-refractivity contribution in [3.05, 3.63) is 0 Å². The molecule has 2 N–H and O–H groups in total. The van der Waals surface area contributed by atoms with Gasteiger partial charge in [0.1, 0.15) is 0 Å². The Hall–Kier alpha value is -0.320. The standard InChI is InChI=1S/C11H22N2O2.ClH/c1-2-15-8-6-11(14)13-7-4-3-5-10(13)9-12;/h10H,2-9,12H2,1H3;1H. The molecule has 1 saturated heterocycles. The lowest BCUT2D eigenvalue weighted by Crippen LogP contribution is -2.47. The molecular formula is C11H23ClN2O2. The summed E-state index contributed by atoms with van der Waals surface area (Å²) in [5.41, 5.74) is 5.66. The van der Waals surface area contributed by atoms with Gasteiger partial charge in [-0.05, 0) is 26.2 Å². The molecule has 0 aromatic carbocycles. The molecule has 1 aliphatic heterocycles. The Bertz CT molecular complexity index is 202. The predicted octanol–water partition coefficient (Wildman–Crippen LogP) is 1.17. The third-order valence-electron chi connectivity index (χ3n) is 2.88. The molecule has 1 rings (SSSR count). The van der Waals surface area contributed by atoms with Gasteiger partial charge in [-0.15, -0.1) is 12.4 Å². The van der Waals surface area contributed by atoms with Crippen LogP contribution in [0.1, 0.15) is 32.6 Å². The number of ether oxygens (including phenoxy) is 1. The van der Waals surface area contributed by atoms with Crippen LogP contribution in [-0.4, -0.2) is 43.2 Å². The summed E-state index contributed by atoms with van der Waals surface area (Å²) in [5.74, 6) is 0.193. The van der Waals surface area contributed by atoms with Crippen LogP contribution in [0, 0.1) is 0 Å². The van der Waals surface area contributed by atoms with Crippen molar-refractivity contribution in [3.63, 3.8) is 0 Å². The van der Waals surface area contributed by atoms with E-state index in [0.29, 0.717) is 26.2 Å². The number of nitrogens with two attached hydrogens (primary N) is 1. The van der Waals surface area contributed by atoms with Gasteiger partial charge in [0.25, 0.3) is 0 Å². The molecule has 0 aromatic heterocycles. The number of likely N-dealkylation sites (tertiary alicyclic amines) is 1. The lowest BCUT2D eigenvalue weighted by atomic mass is 10.0. The van der Waals surface area contributed by atoms with Crippen LogP contribution in [0.5, 0.6) is 0 Å². The van der Waals surface area contributed by atoms with Gasteiger partial charge in [-0.3, -0.25) is 4.79 Å². The lowest BCUT2D eigenvalue weighted by Gasteiger charge is -2.35. The number of hydrogen-bond donors (Lipinski definition) is 1. The summed E-state index contributed by atoms with van der Waals surface area (Å²) < 4.78 is 5.19. The molecule has 0 aromatic rings. The van der Waals surface area contributed by atoms with Gasteiger partial charge in [0, 0.05) is 25.7 Å². The monoisotopic (exact) mass is 250 g/mol. The molecule has 1 unspecified atom stereocenters. The molecule has 1 heterocycles. The number of rotatable bonds is 5. The number of nitrogens with zero attached hydrogens (tertiary/aromatic N) is 1. The number of carbonyl (C=O) groups excluding carboxylic acids is 1. The van der Waals surface area contributed by atoms with Gasteiger partial charge in [0.05, 0.1) is 13.0 Å². The molecule has 16 heavy (non-hydrogen) atoms. The second-order valence-corrected chi connectivity index (χ2v) is 3.92. The van der Waals surface area contributed by atoms with Crippen molar-refractivity contribution in [3.8, 4) is 0 Å². The van der Waals surface area contributed by atoms with Crippen molar-refractivity contribution >= 4 is 18.3 Å². The van der Waals surface area contributed by atoms with Gasteiger partial charge >= 0.3 is 0 Å². The molecule has 1 atom stereocenters. The maximum absolute atomic E-state index is 11.8. The van der Waals surface area contributed by atoms with Crippen molar-refractivity contribution in [2.45, 2.75) is 38.6 Å². The van der Waals surface area contributed by atoms with Crippen LogP contribution in [0.3, 0.4) is 0 Å². The first kappa shape index (κ1) is 15.7. The average molecular weight is 251 g/mol. The van der Waals surface area contributed by atoms with Gasteiger partial charge in [-0.2, -0.15) is 0 Å².